The smallest absolute Gasteiger partial charge is 0.326 e. The Morgan fingerprint density at radius 1 is 1.16 bits per heavy atom. The summed E-state index contributed by atoms with van der Waals surface area (Å²) in [6, 6.07) is 5.45. The van der Waals surface area contributed by atoms with Gasteiger partial charge in [0.1, 0.15) is 6.54 Å². The summed E-state index contributed by atoms with van der Waals surface area (Å²) in [5.74, 6) is -3.47. The highest BCUT2D eigenvalue weighted by molar-refractivity contribution is 9.10. The molecule has 166 valence electrons. The largest absolute Gasteiger partial charge is 0.454 e. The van der Waals surface area contributed by atoms with E-state index in [0.29, 0.717) is 18.5 Å². The Morgan fingerprint density at radius 3 is 2.35 bits per heavy atom. The fourth-order valence-electron chi connectivity index (χ4n) is 5.05. The fraction of sp³-hybridized carbons (Fsp3) is 0.524. The van der Waals surface area contributed by atoms with Gasteiger partial charge in [0, 0.05) is 10.2 Å². The quantitative estimate of drug-likeness (QED) is 0.346. The van der Waals surface area contributed by atoms with E-state index >= 15 is 0 Å². The molecule has 0 aromatic heterocycles. The number of carbonyl (C=O) groups is 4. The van der Waals surface area contributed by atoms with E-state index < -0.39 is 48.7 Å². The van der Waals surface area contributed by atoms with Crippen molar-refractivity contribution in [3.8, 4) is 0 Å². The maximum atomic E-state index is 12.8. The molecule has 1 aromatic rings. The summed E-state index contributed by atoms with van der Waals surface area (Å²) >= 11 is 16.0. The second-order valence-corrected chi connectivity index (χ2v) is 10.1. The molecule has 1 heterocycles. The van der Waals surface area contributed by atoms with Gasteiger partial charge in [0.15, 0.2) is 6.61 Å². The maximum Gasteiger partial charge on any atom is 0.326 e. The van der Waals surface area contributed by atoms with E-state index in [9.17, 15) is 19.2 Å². The van der Waals surface area contributed by atoms with Crippen molar-refractivity contribution >= 4 is 68.5 Å². The highest BCUT2D eigenvalue weighted by Gasteiger charge is 2.66. The predicted molar refractivity (Wildman–Crippen MR) is 118 cm³/mol. The summed E-state index contributed by atoms with van der Waals surface area (Å²) in [5, 5.41) is 1.99. The zero-order valence-corrected chi connectivity index (χ0v) is 19.7. The third kappa shape index (κ3) is 3.98. The van der Waals surface area contributed by atoms with Gasteiger partial charge in [-0.3, -0.25) is 24.1 Å². The molecule has 1 aromatic carbocycles. The van der Waals surface area contributed by atoms with E-state index in [-0.39, 0.29) is 22.6 Å². The molecule has 2 aliphatic carbocycles. The van der Waals surface area contributed by atoms with Gasteiger partial charge in [-0.15, -0.1) is 23.2 Å². The molecule has 1 aliphatic heterocycles. The number of halogens is 3. The number of nitrogens with one attached hydrogen (secondary N) is 1. The summed E-state index contributed by atoms with van der Waals surface area (Å²) in [6.45, 7) is 0.928. The van der Waals surface area contributed by atoms with E-state index in [0.717, 1.165) is 14.9 Å². The van der Waals surface area contributed by atoms with Crippen molar-refractivity contribution in [2.24, 2.45) is 23.7 Å². The first-order valence-corrected chi connectivity index (χ1v) is 11.8. The molecule has 10 heteroatoms. The monoisotopic (exact) mass is 530 g/mol. The average molecular weight is 532 g/mol. The Labute approximate surface area is 197 Å². The van der Waals surface area contributed by atoms with Crippen LogP contribution in [0.5, 0.6) is 0 Å². The number of anilines is 1. The first kappa shape index (κ1) is 22.6. The molecule has 1 saturated heterocycles. The van der Waals surface area contributed by atoms with E-state index in [1.807, 2.05) is 13.0 Å². The summed E-state index contributed by atoms with van der Waals surface area (Å²) in [6.07, 6.45) is 1.37. The van der Waals surface area contributed by atoms with Gasteiger partial charge in [-0.25, -0.2) is 0 Å². The van der Waals surface area contributed by atoms with Crippen LogP contribution in [0.15, 0.2) is 22.7 Å². The van der Waals surface area contributed by atoms with Crippen molar-refractivity contribution in [2.45, 2.75) is 30.5 Å². The summed E-state index contributed by atoms with van der Waals surface area (Å²) in [7, 11) is 0. The topological polar surface area (TPSA) is 92.8 Å². The number of alkyl halides is 2. The number of carbonyl (C=O) groups excluding carboxylic acids is 4. The van der Waals surface area contributed by atoms with Gasteiger partial charge < -0.3 is 10.1 Å². The SMILES string of the molecule is CCc1cc(Br)ccc1NC(=O)COC(=O)CN1C(=O)[C@@H]2[C@H]3C[C@@H]([C@H](Cl)[C@H]3Cl)[C@@H]2C1=O. The first-order valence-electron chi connectivity index (χ1n) is 10.1. The number of ether oxygens (including phenoxy) is 1. The van der Waals surface area contributed by atoms with E-state index in [2.05, 4.69) is 21.2 Å². The third-order valence-electron chi connectivity index (χ3n) is 6.45. The number of imide groups is 1. The van der Waals surface area contributed by atoms with Gasteiger partial charge in [0.2, 0.25) is 11.8 Å². The van der Waals surface area contributed by atoms with Crippen LogP contribution in [0.25, 0.3) is 0 Å². The lowest BCUT2D eigenvalue weighted by Gasteiger charge is -2.28. The Hall–Kier alpha value is -1.64. The van der Waals surface area contributed by atoms with Crippen LogP contribution in [0.3, 0.4) is 0 Å². The standard InChI is InChI=1S/C21H21BrCl2N2O5/c1-2-9-5-10(22)3-4-13(9)25-14(27)8-31-15(28)7-26-20(29)16-11-6-12(17(16)21(26)30)19(24)18(11)23/h3-5,11-12,16-19H,2,6-8H2,1H3,(H,25,27)/t11-,12-,16-,17+,18+,19+/m1/s1. The minimum absolute atomic E-state index is 0.152. The Morgan fingerprint density at radius 2 is 1.77 bits per heavy atom. The number of likely N-dealkylation sites (tertiary alicyclic amines) is 1. The normalized spacial score (nSPS) is 31.2. The van der Waals surface area contributed by atoms with Crippen LogP contribution >= 0.6 is 39.1 Å². The Balaban J connectivity index is 1.32. The van der Waals surface area contributed by atoms with E-state index in [1.165, 1.54) is 0 Å². The molecule has 6 atom stereocenters. The molecule has 7 nitrogen and oxygen atoms in total. The third-order valence-corrected chi connectivity index (χ3v) is 8.26. The number of nitrogens with zero attached hydrogens (tertiary/aromatic N) is 1. The molecule has 2 saturated carbocycles. The van der Waals surface area contributed by atoms with Crippen molar-refractivity contribution in [3.05, 3.63) is 28.2 Å². The molecule has 0 unspecified atom stereocenters. The van der Waals surface area contributed by atoms with Crippen LogP contribution in [0, 0.1) is 23.7 Å². The Bertz CT molecular complexity index is 926. The summed E-state index contributed by atoms with van der Waals surface area (Å²) in [5.41, 5.74) is 1.56. The zero-order chi connectivity index (χ0) is 22.4. The fourth-order valence-corrected chi connectivity index (χ4v) is 6.35. The molecular weight excluding hydrogens is 511 g/mol. The van der Waals surface area contributed by atoms with Crippen molar-refractivity contribution in [2.75, 3.05) is 18.5 Å². The van der Waals surface area contributed by atoms with Crippen LogP contribution < -0.4 is 5.32 Å². The minimum atomic E-state index is -0.819. The minimum Gasteiger partial charge on any atom is -0.454 e. The van der Waals surface area contributed by atoms with Crippen LogP contribution in [-0.4, -0.2) is 52.5 Å². The molecule has 31 heavy (non-hydrogen) atoms. The van der Waals surface area contributed by atoms with Gasteiger partial charge in [-0.2, -0.15) is 0 Å². The van der Waals surface area contributed by atoms with Crippen molar-refractivity contribution < 1.29 is 23.9 Å². The van der Waals surface area contributed by atoms with Crippen LogP contribution in [0.1, 0.15) is 18.9 Å². The average Bonchev–Trinajstić information content (AvgIpc) is 3.34. The number of hydrogen-bond acceptors (Lipinski definition) is 5. The van der Waals surface area contributed by atoms with Crippen LogP contribution in [-0.2, 0) is 30.3 Å². The molecule has 0 radical (unpaired) electrons. The summed E-state index contributed by atoms with van der Waals surface area (Å²) < 4.78 is 5.90. The van der Waals surface area contributed by atoms with E-state index in [1.54, 1.807) is 12.1 Å². The molecule has 1 N–H and O–H groups in total. The molecule has 3 fully saturated rings. The van der Waals surface area contributed by atoms with Crippen molar-refractivity contribution in [3.63, 3.8) is 0 Å². The highest BCUT2D eigenvalue weighted by Crippen LogP contribution is 2.59. The van der Waals surface area contributed by atoms with Gasteiger partial charge in [0.25, 0.3) is 5.91 Å². The van der Waals surface area contributed by atoms with Crippen molar-refractivity contribution in [1.29, 1.82) is 0 Å². The zero-order valence-electron chi connectivity index (χ0n) is 16.6. The number of rotatable bonds is 6. The lowest BCUT2D eigenvalue weighted by molar-refractivity contribution is -0.154. The molecule has 4 rings (SSSR count). The summed E-state index contributed by atoms with van der Waals surface area (Å²) in [4.78, 5) is 50.9. The number of esters is 1. The number of hydrogen-bond donors (Lipinski definition) is 1. The van der Waals surface area contributed by atoms with Crippen LogP contribution in [0.4, 0.5) is 5.69 Å². The molecule has 0 spiro atoms. The molecule has 3 amide bonds. The van der Waals surface area contributed by atoms with Crippen LogP contribution in [0.2, 0.25) is 0 Å². The van der Waals surface area contributed by atoms with Gasteiger partial charge in [-0.1, -0.05) is 22.9 Å². The molecule has 3 aliphatic rings. The predicted octanol–water partition coefficient (Wildman–Crippen LogP) is 2.96. The van der Waals surface area contributed by atoms with Crippen molar-refractivity contribution in [1.82, 2.24) is 4.90 Å². The first-order chi connectivity index (χ1) is 14.7. The Kier molecular flexibility index (Phi) is 6.34. The second kappa shape index (κ2) is 8.71. The lowest BCUT2D eigenvalue weighted by atomic mass is 9.80. The molecular formula is C21H21BrCl2N2O5. The number of amides is 3. The molecule has 2 bridgehead atoms. The number of aryl methyl sites for hydroxylation is 1. The van der Waals surface area contributed by atoms with Gasteiger partial charge >= 0.3 is 5.97 Å². The highest BCUT2D eigenvalue weighted by atomic mass is 79.9. The maximum absolute atomic E-state index is 12.8. The lowest BCUT2D eigenvalue weighted by Crippen LogP contribution is -2.38. The van der Waals surface area contributed by atoms with Gasteiger partial charge in [-0.05, 0) is 48.4 Å². The number of fused-ring (bicyclic) bond motifs is 5. The number of benzene rings is 1. The van der Waals surface area contributed by atoms with E-state index in [4.69, 9.17) is 27.9 Å². The second-order valence-electron chi connectivity index (χ2n) is 8.13. The van der Waals surface area contributed by atoms with Gasteiger partial charge in [0.05, 0.1) is 22.6 Å².